The quantitative estimate of drug-likeness (QED) is 0.346. The number of carbonyl (C=O) groups is 1. The van der Waals surface area contributed by atoms with Gasteiger partial charge in [0.25, 0.3) is 5.91 Å². The van der Waals surface area contributed by atoms with Crippen LogP contribution in [-0.2, 0) is 6.54 Å². The molecule has 6 nitrogen and oxygen atoms in total. The normalized spacial score (nSPS) is 13.5. The van der Waals surface area contributed by atoms with E-state index in [1.54, 1.807) is 7.11 Å². The highest BCUT2D eigenvalue weighted by atomic mass is 16.5. The lowest BCUT2D eigenvalue weighted by molar-refractivity contribution is 0.102. The average Bonchev–Trinajstić information content (AvgIpc) is 2.98. The summed E-state index contributed by atoms with van der Waals surface area (Å²) in [5.74, 6) is 0.640. The Kier molecular flexibility index (Phi) is 7.67. The van der Waals surface area contributed by atoms with Crippen LogP contribution in [0.15, 0.2) is 97.1 Å². The predicted octanol–water partition coefficient (Wildman–Crippen LogP) is 5.81. The maximum atomic E-state index is 13.2. The molecule has 0 spiro atoms. The van der Waals surface area contributed by atoms with Gasteiger partial charge >= 0.3 is 0 Å². The van der Waals surface area contributed by atoms with Gasteiger partial charge in [-0.1, -0.05) is 42.5 Å². The van der Waals surface area contributed by atoms with Crippen LogP contribution in [0.25, 0.3) is 11.1 Å². The van der Waals surface area contributed by atoms with Crippen molar-refractivity contribution in [2.24, 2.45) is 0 Å². The first kappa shape index (κ1) is 25.1. The second-order valence-corrected chi connectivity index (χ2v) is 9.35. The van der Waals surface area contributed by atoms with Gasteiger partial charge in [-0.05, 0) is 71.3 Å². The van der Waals surface area contributed by atoms with Crippen LogP contribution in [-0.4, -0.2) is 44.1 Å². The van der Waals surface area contributed by atoms with Crippen LogP contribution >= 0.6 is 0 Å². The summed E-state index contributed by atoms with van der Waals surface area (Å²) < 4.78 is 5.26. The van der Waals surface area contributed by atoms with E-state index in [1.807, 2.05) is 78.9 Å². The minimum Gasteiger partial charge on any atom is -0.497 e. The van der Waals surface area contributed by atoms with Gasteiger partial charge < -0.3 is 15.0 Å². The monoisotopic (exact) mass is 502 g/mol. The summed E-state index contributed by atoms with van der Waals surface area (Å²) in [4.78, 5) is 18.0. The Bertz CT molecular complexity index is 1430. The van der Waals surface area contributed by atoms with Crippen molar-refractivity contribution in [2.75, 3.05) is 43.5 Å². The highest BCUT2D eigenvalue weighted by Crippen LogP contribution is 2.27. The fourth-order valence-corrected chi connectivity index (χ4v) is 4.82. The number of carbonyl (C=O) groups excluding carboxylic acids is 1. The van der Waals surface area contributed by atoms with Crippen molar-refractivity contribution in [1.82, 2.24) is 4.90 Å². The fourth-order valence-electron chi connectivity index (χ4n) is 4.82. The second-order valence-electron chi connectivity index (χ2n) is 9.35. The molecule has 1 amide bonds. The van der Waals surface area contributed by atoms with Gasteiger partial charge in [0.15, 0.2) is 0 Å². The molecule has 0 bridgehead atoms. The van der Waals surface area contributed by atoms with Gasteiger partial charge in [-0.25, -0.2) is 0 Å². The molecule has 0 saturated carbocycles. The smallest absolute Gasteiger partial charge is 0.256 e. The summed E-state index contributed by atoms with van der Waals surface area (Å²) in [6.45, 7) is 4.62. The first-order valence-corrected chi connectivity index (χ1v) is 12.7. The van der Waals surface area contributed by atoms with E-state index in [1.165, 1.54) is 5.56 Å². The molecule has 38 heavy (non-hydrogen) atoms. The molecule has 0 unspecified atom stereocenters. The van der Waals surface area contributed by atoms with E-state index in [4.69, 9.17) is 10.00 Å². The number of anilines is 2. The number of hydrogen-bond acceptors (Lipinski definition) is 5. The van der Waals surface area contributed by atoms with Gasteiger partial charge in [0.1, 0.15) is 5.75 Å². The van der Waals surface area contributed by atoms with Gasteiger partial charge in [-0.3, -0.25) is 9.69 Å². The lowest BCUT2D eigenvalue weighted by atomic mass is 9.99. The molecule has 4 aromatic carbocycles. The van der Waals surface area contributed by atoms with Crippen LogP contribution in [0.4, 0.5) is 11.4 Å². The van der Waals surface area contributed by atoms with E-state index in [9.17, 15) is 4.79 Å². The highest BCUT2D eigenvalue weighted by molar-refractivity contribution is 6.08. The van der Waals surface area contributed by atoms with Crippen molar-refractivity contribution in [3.05, 3.63) is 114 Å². The van der Waals surface area contributed by atoms with Crippen LogP contribution in [0.2, 0.25) is 0 Å². The fraction of sp³-hybridized carbons (Fsp3) is 0.188. The summed E-state index contributed by atoms with van der Waals surface area (Å²) in [5, 5.41) is 12.2. The Morgan fingerprint density at radius 2 is 1.63 bits per heavy atom. The van der Waals surface area contributed by atoms with E-state index in [-0.39, 0.29) is 5.91 Å². The van der Waals surface area contributed by atoms with Crippen LogP contribution in [0.5, 0.6) is 5.75 Å². The number of amides is 1. The molecule has 1 aliphatic heterocycles. The third-order valence-corrected chi connectivity index (χ3v) is 6.90. The van der Waals surface area contributed by atoms with Gasteiger partial charge in [0, 0.05) is 49.7 Å². The zero-order valence-electron chi connectivity index (χ0n) is 21.4. The maximum absolute atomic E-state index is 13.2. The molecular formula is C32H30N4O2. The Balaban J connectivity index is 1.19. The number of rotatable bonds is 7. The Labute approximate surface area is 223 Å². The largest absolute Gasteiger partial charge is 0.497 e. The molecule has 1 N–H and O–H groups in total. The summed E-state index contributed by atoms with van der Waals surface area (Å²) in [7, 11) is 1.64. The van der Waals surface area contributed by atoms with E-state index in [2.05, 4.69) is 39.4 Å². The van der Waals surface area contributed by atoms with Gasteiger partial charge in [-0.2, -0.15) is 5.26 Å². The molecule has 5 rings (SSSR count). The first-order valence-electron chi connectivity index (χ1n) is 12.7. The predicted molar refractivity (Wildman–Crippen MR) is 151 cm³/mol. The molecule has 0 aliphatic carbocycles. The minimum atomic E-state index is -0.141. The second kappa shape index (κ2) is 11.6. The molecule has 6 heteroatoms. The van der Waals surface area contributed by atoms with Crippen LogP contribution in [0.3, 0.4) is 0 Å². The van der Waals surface area contributed by atoms with E-state index in [0.717, 1.165) is 61.0 Å². The van der Waals surface area contributed by atoms with Crippen molar-refractivity contribution in [2.45, 2.75) is 6.54 Å². The SMILES string of the molecule is COc1ccc(-c2ccccc2C(=O)Nc2ccc(N3CCN(Cc4cccc(C#N)c4)CC3)cc2)cc1. The van der Waals surface area contributed by atoms with Crippen molar-refractivity contribution < 1.29 is 9.53 Å². The van der Waals surface area contributed by atoms with E-state index in [0.29, 0.717) is 11.1 Å². The molecule has 190 valence electrons. The zero-order chi connectivity index (χ0) is 26.3. The molecule has 0 atom stereocenters. The van der Waals surface area contributed by atoms with E-state index < -0.39 is 0 Å². The number of benzene rings is 4. The summed E-state index contributed by atoms with van der Waals surface area (Å²) in [6.07, 6.45) is 0. The number of nitriles is 1. The van der Waals surface area contributed by atoms with Crippen molar-refractivity contribution in [3.8, 4) is 22.9 Å². The van der Waals surface area contributed by atoms with Crippen LogP contribution < -0.4 is 15.0 Å². The number of nitrogens with one attached hydrogen (secondary N) is 1. The Morgan fingerprint density at radius 3 is 2.34 bits per heavy atom. The zero-order valence-corrected chi connectivity index (χ0v) is 21.4. The molecular weight excluding hydrogens is 472 g/mol. The van der Waals surface area contributed by atoms with Crippen molar-refractivity contribution >= 4 is 17.3 Å². The van der Waals surface area contributed by atoms with E-state index >= 15 is 0 Å². The number of ether oxygens (including phenoxy) is 1. The maximum Gasteiger partial charge on any atom is 0.256 e. The third kappa shape index (κ3) is 5.86. The highest BCUT2D eigenvalue weighted by Gasteiger charge is 2.18. The van der Waals surface area contributed by atoms with Gasteiger partial charge in [0.05, 0.1) is 18.7 Å². The van der Waals surface area contributed by atoms with Gasteiger partial charge in [-0.15, -0.1) is 0 Å². The molecule has 0 radical (unpaired) electrons. The molecule has 4 aromatic rings. The van der Waals surface area contributed by atoms with Crippen molar-refractivity contribution in [3.63, 3.8) is 0 Å². The lowest BCUT2D eigenvalue weighted by Crippen LogP contribution is -2.45. The molecule has 1 heterocycles. The topological polar surface area (TPSA) is 68.6 Å². The summed E-state index contributed by atoms with van der Waals surface area (Å²) >= 11 is 0. The van der Waals surface area contributed by atoms with Crippen LogP contribution in [0, 0.1) is 11.3 Å². The Morgan fingerprint density at radius 1 is 0.895 bits per heavy atom. The molecule has 1 saturated heterocycles. The molecule has 1 fully saturated rings. The van der Waals surface area contributed by atoms with Gasteiger partial charge in [0.2, 0.25) is 0 Å². The Hall–Kier alpha value is -4.60. The minimum absolute atomic E-state index is 0.141. The molecule has 1 aliphatic rings. The van der Waals surface area contributed by atoms with Crippen LogP contribution in [0.1, 0.15) is 21.5 Å². The third-order valence-electron chi connectivity index (χ3n) is 6.90. The average molecular weight is 503 g/mol. The number of hydrogen-bond donors (Lipinski definition) is 1. The van der Waals surface area contributed by atoms with Crippen molar-refractivity contribution in [1.29, 1.82) is 5.26 Å². The number of methoxy groups -OCH3 is 1. The first-order chi connectivity index (χ1) is 18.6. The number of nitrogens with zero attached hydrogens (tertiary/aromatic N) is 3. The standard InChI is InChI=1S/C32H30N4O2/c1-38-29-15-9-26(10-16-29)30-7-2-3-8-31(30)32(37)34-27-11-13-28(14-12-27)36-19-17-35(18-20-36)23-25-6-4-5-24(21-25)22-33/h2-16,21H,17-20,23H2,1H3,(H,34,37). The summed E-state index contributed by atoms with van der Waals surface area (Å²) in [5.41, 5.74) is 6.25. The summed E-state index contributed by atoms with van der Waals surface area (Å²) in [6, 6.07) is 33.4. The lowest BCUT2D eigenvalue weighted by Gasteiger charge is -2.36. The molecule has 0 aromatic heterocycles. The number of piperazine rings is 1.